The number of fused-ring (bicyclic) bond motifs is 1. The average molecular weight is 449 g/mol. The van der Waals surface area contributed by atoms with Crippen LogP contribution in [0.3, 0.4) is 0 Å². The predicted octanol–water partition coefficient (Wildman–Crippen LogP) is 0.658. The van der Waals surface area contributed by atoms with Gasteiger partial charge in [-0.3, -0.25) is 9.69 Å². The van der Waals surface area contributed by atoms with Crippen molar-refractivity contribution in [2.75, 3.05) is 19.6 Å². The molecule has 0 aliphatic carbocycles. The molecule has 0 saturated carbocycles. The van der Waals surface area contributed by atoms with E-state index < -0.39 is 12.0 Å². The Morgan fingerprint density at radius 1 is 1.39 bits per heavy atom. The summed E-state index contributed by atoms with van der Waals surface area (Å²) in [4.78, 5) is 30.2. The largest absolute Gasteiger partial charge is 0.457 e. The normalized spacial score (nSPS) is 18.8. The minimum atomic E-state index is -0.717. The highest BCUT2D eigenvalue weighted by Gasteiger charge is 2.31. The van der Waals surface area contributed by atoms with Crippen LogP contribution >= 0.6 is 0 Å². The van der Waals surface area contributed by atoms with Crippen molar-refractivity contribution in [3.63, 3.8) is 0 Å². The summed E-state index contributed by atoms with van der Waals surface area (Å²) in [6.45, 7) is 3.97. The minimum absolute atomic E-state index is 0.0239. The molecule has 0 radical (unpaired) electrons. The molecule has 1 fully saturated rings. The Balaban J connectivity index is 1.34. The molecular formula is C22H23N7O4. The number of tetrazole rings is 1. The van der Waals surface area contributed by atoms with Gasteiger partial charge in [-0.05, 0) is 59.1 Å². The quantitative estimate of drug-likeness (QED) is 0.517. The fraction of sp³-hybridized carbons (Fsp3) is 0.364. The van der Waals surface area contributed by atoms with E-state index in [-0.39, 0.29) is 24.2 Å². The van der Waals surface area contributed by atoms with Gasteiger partial charge in [-0.25, -0.2) is 9.78 Å². The third-order valence-electron chi connectivity index (χ3n) is 6.46. The zero-order chi connectivity index (χ0) is 23.1. The van der Waals surface area contributed by atoms with Gasteiger partial charge in [0.15, 0.2) is 0 Å². The highest BCUT2D eigenvalue weighted by molar-refractivity contribution is 5.94. The Labute approximate surface area is 189 Å². The average Bonchev–Trinajstić information content (AvgIpc) is 3.55. The Kier molecular flexibility index (Phi) is 5.35. The van der Waals surface area contributed by atoms with Crippen molar-refractivity contribution in [3.05, 3.63) is 64.2 Å². The van der Waals surface area contributed by atoms with Gasteiger partial charge in [-0.1, -0.05) is 6.07 Å². The predicted molar refractivity (Wildman–Crippen MR) is 115 cm³/mol. The molecular weight excluding hydrogens is 426 g/mol. The van der Waals surface area contributed by atoms with Gasteiger partial charge in [0.2, 0.25) is 0 Å². The van der Waals surface area contributed by atoms with Gasteiger partial charge in [0.25, 0.3) is 5.91 Å². The molecule has 0 spiro atoms. The molecule has 3 aromatic rings. The Bertz CT molecular complexity index is 1230. The second kappa shape index (κ2) is 8.34. The number of cyclic esters (lactones) is 1. The number of aliphatic hydroxyl groups excluding tert-OH is 1. The molecule has 5 rings (SSSR count). The van der Waals surface area contributed by atoms with Gasteiger partial charge < -0.3 is 15.6 Å². The van der Waals surface area contributed by atoms with E-state index in [2.05, 4.69) is 25.4 Å². The summed E-state index contributed by atoms with van der Waals surface area (Å²) >= 11 is 0. The van der Waals surface area contributed by atoms with Crippen LogP contribution in [0.2, 0.25) is 0 Å². The SMILES string of the molecule is Cc1c([C@@H](O)CN2CC[C@@H](c3cc(-n4cnnn4)cnc3C(N)=O)C2)ccc2c1COC2=O. The number of primary amides is 1. The number of rotatable bonds is 6. The zero-order valence-electron chi connectivity index (χ0n) is 18.0. The number of carbonyl (C=O) groups excluding carboxylic acids is 2. The number of amides is 1. The van der Waals surface area contributed by atoms with Crippen LogP contribution in [0.5, 0.6) is 0 Å². The first-order chi connectivity index (χ1) is 15.9. The molecule has 170 valence electrons. The van der Waals surface area contributed by atoms with E-state index in [4.69, 9.17) is 10.5 Å². The number of hydrogen-bond donors (Lipinski definition) is 2. The first-order valence-electron chi connectivity index (χ1n) is 10.7. The van der Waals surface area contributed by atoms with Crippen molar-refractivity contribution in [2.45, 2.75) is 32.0 Å². The highest BCUT2D eigenvalue weighted by atomic mass is 16.5. The number of hydrogen-bond acceptors (Lipinski definition) is 9. The number of benzene rings is 1. The molecule has 2 aliphatic heterocycles. The Morgan fingerprint density at radius 2 is 2.24 bits per heavy atom. The fourth-order valence-corrected chi connectivity index (χ4v) is 4.72. The highest BCUT2D eigenvalue weighted by Crippen LogP contribution is 2.33. The van der Waals surface area contributed by atoms with Crippen molar-refractivity contribution in [1.82, 2.24) is 30.1 Å². The summed E-state index contributed by atoms with van der Waals surface area (Å²) in [5.74, 6) is -0.882. The van der Waals surface area contributed by atoms with Crippen molar-refractivity contribution in [1.29, 1.82) is 0 Å². The summed E-state index contributed by atoms with van der Waals surface area (Å²) < 4.78 is 6.59. The van der Waals surface area contributed by atoms with E-state index in [1.54, 1.807) is 12.1 Å². The van der Waals surface area contributed by atoms with Crippen LogP contribution in [-0.2, 0) is 11.3 Å². The molecule has 1 amide bonds. The topological polar surface area (TPSA) is 149 Å². The first kappa shape index (κ1) is 21.2. The van der Waals surface area contributed by atoms with Gasteiger partial charge in [-0.2, -0.15) is 4.68 Å². The van der Waals surface area contributed by atoms with Crippen molar-refractivity contribution in [3.8, 4) is 5.69 Å². The molecule has 2 atom stereocenters. The van der Waals surface area contributed by atoms with Gasteiger partial charge in [0.05, 0.1) is 23.6 Å². The molecule has 1 aromatic carbocycles. The molecule has 1 saturated heterocycles. The van der Waals surface area contributed by atoms with Crippen molar-refractivity contribution < 1.29 is 19.4 Å². The van der Waals surface area contributed by atoms with E-state index in [9.17, 15) is 14.7 Å². The first-order valence-corrected chi connectivity index (χ1v) is 10.7. The Morgan fingerprint density at radius 3 is 3.00 bits per heavy atom. The maximum Gasteiger partial charge on any atom is 0.338 e. The number of esters is 1. The summed E-state index contributed by atoms with van der Waals surface area (Å²) in [5, 5.41) is 22.1. The van der Waals surface area contributed by atoms with Crippen LogP contribution in [-0.4, -0.2) is 66.7 Å². The van der Waals surface area contributed by atoms with E-state index in [0.29, 0.717) is 24.3 Å². The number of aromatic nitrogens is 5. The summed E-state index contributed by atoms with van der Waals surface area (Å²) in [6.07, 6.45) is 3.05. The standard InChI is InChI=1S/C22H23N7O4/c1-12-15(2-3-16-18(12)10-33-22(16)32)19(30)9-28-5-4-13(8-28)17-6-14(29-11-25-26-27-29)7-24-20(17)21(23)31/h2-3,6-7,11,13,19,30H,4-5,8-10H2,1H3,(H2,23,31)/t13-,19+/m1/s1. The lowest BCUT2D eigenvalue weighted by Crippen LogP contribution is -2.27. The van der Waals surface area contributed by atoms with Crippen LogP contribution in [0.15, 0.2) is 30.7 Å². The molecule has 3 N–H and O–H groups in total. The van der Waals surface area contributed by atoms with E-state index in [1.165, 1.54) is 17.2 Å². The monoisotopic (exact) mass is 449 g/mol. The van der Waals surface area contributed by atoms with Crippen molar-refractivity contribution >= 4 is 11.9 Å². The molecule has 2 aromatic heterocycles. The maximum atomic E-state index is 12.0. The molecule has 33 heavy (non-hydrogen) atoms. The smallest absolute Gasteiger partial charge is 0.338 e. The third-order valence-corrected chi connectivity index (χ3v) is 6.46. The lowest BCUT2D eigenvalue weighted by molar-refractivity contribution is 0.0534. The van der Waals surface area contributed by atoms with Crippen molar-refractivity contribution in [2.24, 2.45) is 5.73 Å². The van der Waals surface area contributed by atoms with Gasteiger partial charge in [0, 0.05) is 24.6 Å². The molecule has 0 unspecified atom stereocenters. The number of pyridine rings is 1. The summed E-state index contributed by atoms with van der Waals surface area (Å²) in [7, 11) is 0. The lowest BCUT2D eigenvalue weighted by Gasteiger charge is -2.22. The minimum Gasteiger partial charge on any atom is -0.457 e. The number of likely N-dealkylation sites (tertiary alicyclic amines) is 1. The number of nitrogens with two attached hydrogens (primary N) is 1. The number of ether oxygens (including phenoxy) is 1. The molecule has 2 aliphatic rings. The van der Waals surface area contributed by atoms with Crippen LogP contribution < -0.4 is 5.73 Å². The number of aliphatic hydroxyl groups is 1. The second-order valence-corrected chi connectivity index (χ2v) is 8.39. The van der Waals surface area contributed by atoms with E-state index in [1.807, 2.05) is 13.0 Å². The number of carbonyl (C=O) groups is 2. The van der Waals surface area contributed by atoms with Gasteiger partial charge in [0.1, 0.15) is 18.6 Å². The van der Waals surface area contributed by atoms with Gasteiger partial charge >= 0.3 is 5.97 Å². The van der Waals surface area contributed by atoms with Crippen LogP contribution in [0.4, 0.5) is 0 Å². The molecule has 0 bridgehead atoms. The molecule has 11 heteroatoms. The zero-order valence-corrected chi connectivity index (χ0v) is 18.0. The van der Waals surface area contributed by atoms with E-state index in [0.717, 1.165) is 35.2 Å². The number of nitrogens with zero attached hydrogens (tertiary/aromatic N) is 6. The lowest BCUT2D eigenvalue weighted by atomic mass is 9.95. The van der Waals surface area contributed by atoms with E-state index >= 15 is 0 Å². The van der Waals surface area contributed by atoms with Crippen LogP contribution in [0.25, 0.3) is 5.69 Å². The van der Waals surface area contributed by atoms with Gasteiger partial charge in [-0.15, -0.1) is 5.10 Å². The third kappa shape index (κ3) is 3.85. The summed E-state index contributed by atoms with van der Waals surface area (Å²) in [5.41, 5.74) is 10.3. The van der Waals surface area contributed by atoms with Crippen LogP contribution in [0.1, 0.15) is 61.5 Å². The fourth-order valence-electron chi connectivity index (χ4n) is 4.72. The van der Waals surface area contributed by atoms with Crippen LogP contribution in [0, 0.1) is 6.92 Å². The second-order valence-electron chi connectivity index (χ2n) is 8.39. The maximum absolute atomic E-state index is 12.0. The summed E-state index contributed by atoms with van der Waals surface area (Å²) in [6, 6.07) is 5.36. The molecule has 4 heterocycles. The number of β-amino-alcohol motifs (C(OH)–C–C–N with tert-alkyl or cyclic N) is 1. The Hall–Kier alpha value is -3.70. The molecule has 11 nitrogen and oxygen atoms in total.